The number of hydrogen-bond acceptors (Lipinski definition) is 5. The quantitative estimate of drug-likeness (QED) is 0.627. The number of halogens is 1. The smallest absolute Gasteiger partial charge is 0.241 e. The van der Waals surface area contributed by atoms with Crippen LogP contribution in [-0.2, 0) is 16.4 Å². The summed E-state index contributed by atoms with van der Waals surface area (Å²) < 4.78 is 40.7. The van der Waals surface area contributed by atoms with Gasteiger partial charge in [-0.15, -0.1) is 11.3 Å². The van der Waals surface area contributed by atoms with Gasteiger partial charge in [0, 0.05) is 25.7 Å². The van der Waals surface area contributed by atoms with E-state index in [2.05, 4.69) is 9.97 Å². The van der Waals surface area contributed by atoms with Gasteiger partial charge >= 0.3 is 0 Å². The molecule has 1 fully saturated rings. The van der Waals surface area contributed by atoms with E-state index in [1.165, 1.54) is 23.5 Å². The topological polar surface area (TPSA) is 63.2 Å². The molecule has 2 aromatic heterocycles. The highest BCUT2D eigenvalue weighted by molar-refractivity contribution is 7.91. The van der Waals surface area contributed by atoms with Crippen molar-refractivity contribution in [3.63, 3.8) is 0 Å². The minimum Gasteiger partial charge on any atom is -0.241 e. The second-order valence-electron chi connectivity index (χ2n) is 6.74. The molecule has 5 nitrogen and oxygen atoms in total. The van der Waals surface area contributed by atoms with E-state index in [-0.39, 0.29) is 5.82 Å². The summed E-state index contributed by atoms with van der Waals surface area (Å²) in [5, 5.41) is 0. The fourth-order valence-corrected chi connectivity index (χ4v) is 6.18. The van der Waals surface area contributed by atoms with Gasteiger partial charge in [0.05, 0.1) is 10.6 Å². The molecule has 1 aliphatic rings. The monoisotopic (exact) mass is 417 g/mol. The Hall–Kier alpha value is -2.16. The molecule has 0 bridgehead atoms. The van der Waals surface area contributed by atoms with E-state index < -0.39 is 10.0 Å². The summed E-state index contributed by atoms with van der Waals surface area (Å²) in [5.74, 6) is 0.331. The van der Waals surface area contributed by atoms with Crippen molar-refractivity contribution in [2.45, 2.75) is 29.9 Å². The summed E-state index contributed by atoms with van der Waals surface area (Å²) in [5.41, 5.74) is 1.61. The second kappa shape index (κ2) is 8.06. The normalized spacial score (nSPS) is 15.6. The van der Waals surface area contributed by atoms with Crippen molar-refractivity contribution in [2.75, 3.05) is 13.1 Å². The molecule has 0 unspecified atom stereocenters. The van der Waals surface area contributed by atoms with Gasteiger partial charge in [-0.1, -0.05) is 18.6 Å². The summed E-state index contributed by atoms with van der Waals surface area (Å²) in [6.07, 6.45) is 5.06. The molecule has 3 heterocycles. The van der Waals surface area contributed by atoms with Crippen LogP contribution in [-0.4, -0.2) is 35.8 Å². The van der Waals surface area contributed by atoms with Gasteiger partial charge in [0.2, 0.25) is 0 Å². The first kappa shape index (κ1) is 19.2. The zero-order valence-corrected chi connectivity index (χ0v) is 16.8. The summed E-state index contributed by atoms with van der Waals surface area (Å²) in [6.45, 7) is 1.18. The Morgan fingerprint density at radius 3 is 2.50 bits per heavy atom. The Morgan fingerprint density at radius 2 is 1.75 bits per heavy atom. The molecule has 28 heavy (non-hydrogen) atoms. The Labute approximate surface area is 167 Å². The SMILES string of the molecule is O=S(=O)(c1ccc(-c2ccnc(Cc3ccc(F)cc3)n2)s1)N1CCCCC1. The average molecular weight is 418 g/mol. The van der Waals surface area contributed by atoms with Gasteiger partial charge in [-0.3, -0.25) is 0 Å². The molecule has 0 N–H and O–H groups in total. The van der Waals surface area contributed by atoms with Gasteiger partial charge in [-0.25, -0.2) is 22.8 Å². The maximum atomic E-state index is 13.1. The predicted molar refractivity (Wildman–Crippen MR) is 107 cm³/mol. The molecule has 0 radical (unpaired) electrons. The van der Waals surface area contributed by atoms with Crippen molar-refractivity contribution >= 4 is 21.4 Å². The lowest BCUT2D eigenvalue weighted by molar-refractivity contribution is 0.347. The number of piperidine rings is 1. The van der Waals surface area contributed by atoms with E-state index in [1.54, 1.807) is 40.8 Å². The van der Waals surface area contributed by atoms with Crippen molar-refractivity contribution in [2.24, 2.45) is 0 Å². The number of benzene rings is 1. The van der Waals surface area contributed by atoms with Gasteiger partial charge in [0.25, 0.3) is 10.0 Å². The molecular weight excluding hydrogens is 397 g/mol. The number of thiophene rings is 1. The molecule has 1 aromatic carbocycles. The Kier molecular flexibility index (Phi) is 5.52. The predicted octanol–water partition coefficient (Wildman–Crippen LogP) is 4.11. The zero-order valence-electron chi connectivity index (χ0n) is 15.2. The van der Waals surface area contributed by atoms with Crippen LogP contribution in [0, 0.1) is 5.82 Å². The lowest BCUT2D eigenvalue weighted by atomic mass is 10.1. The summed E-state index contributed by atoms with van der Waals surface area (Å²) in [4.78, 5) is 9.64. The van der Waals surface area contributed by atoms with E-state index in [1.807, 2.05) is 0 Å². The highest BCUT2D eigenvalue weighted by Gasteiger charge is 2.27. The van der Waals surface area contributed by atoms with Crippen LogP contribution in [0.4, 0.5) is 4.39 Å². The van der Waals surface area contributed by atoms with E-state index in [0.29, 0.717) is 35.2 Å². The van der Waals surface area contributed by atoms with Crippen molar-refractivity contribution in [3.8, 4) is 10.6 Å². The molecule has 0 saturated carbocycles. The van der Waals surface area contributed by atoms with E-state index in [0.717, 1.165) is 29.7 Å². The van der Waals surface area contributed by atoms with Crippen LogP contribution < -0.4 is 0 Å². The number of hydrogen-bond donors (Lipinski definition) is 0. The minimum atomic E-state index is -3.44. The summed E-state index contributed by atoms with van der Waals surface area (Å²) >= 11 is 1.23. The fraction of sp³-hybridized carbons (Fsp3) is 0.300. The third-order valence-electron chi connectivity index (χ3n) is 4.72. The maximum Gasteiger partial charge on any atom is 0.252 e. The van der Waals surface area contributed by atoms with Crippen molar-refractivity contribution in [1.29, 1.82) is 0 Å². The molecule has 1 aliphatic heterocycles. The molecule has 146 valence electrons. The molecular formula is C20H20FN3O2S2. The molecule has 3 aromatic rings. The van der Waals surface area contributed by atoms with Gasteiger partial charge in [0.15, 0.2) is 0 Å². The second-order valence-corrected chi connectivity index (χ2v) is 9.99. The first-order chi connectivity index (χ1) is 13.5. The van der Waals surface area contributed by atoms with Crippen LogP contribution in [0.15, 0.2) is 52.9 Å². The largest absolute Gasteiger partial charge is 0.252 e. The standard InChI is InChI=1S/C20H20FN3O2S2/c21-16-6-4-15(5-7-16)14-19-22-11-10-17(23-19)18-8-9-20(27-18)28(25,26)24-12-2-1-3-13-24/h4-11H,1-3,12-14H2. The van der Waals surface area contributed by atoms with Crippen LogP contribution in [0.1, 0.15) is 30.7 Å². The van der Waals surface area contributed by atoms with Gasteiger partial charge < -0.3 is 0 Å². The molecule has 8 heteroatoms. The molecule has 0 spiro atoms. The molecule has 4 rings (SSSR count). The summed E-state index contributed by atoms with van der Waals surface area (Å²) in [6, 6.07) is 11.5. The Balaban J connectivity index is 1.56. The molecule has 0 amide bonds. The molecule has 1 saturated heterocycles. The maximum absolute atomic E-state index is 13.1. The summed E-state index contributed by atoms with van der Waals surface area (Å²) in [7, 11) is -3.44. The third kappa shape index (κ3) is 4.14. The minimum absolute atomic E-state index is 0.278. The van der Waals surface area contributed by atoms with Crippen LogP contribution in [0.3, 0.4) is 0 Å². The van der Waals surface area contributed by atoms with E-state index >= 15 is 0 Å². The number of rotatable bonds is 5. The Bertz CT molecular complexity index is 1060. The van der Waals surface area contributed by atoms with Gasteiger partial charge in [-0.2, -0.15) is 4.31 Å². The lowest BCUT2D eigenvalue weighted by Gasteiger charge is -2.25. The fourth-order valence-electron chi connectivity index (χ4n) is 3.24. The zero-order chi connectivity index (χ0) is 19.6. The molecule has 0 aliphatic carbocycles. The van der Waals surface area contributed by atoms with E-state index in [4.69, 9.17) is 0 Å². The van der Waals surface area contributed by atoms with Crippen LogP contribution in [0.25, 0.3) is 10.6 Å². The first-order valence-corrected chi connectivity index (χ1v) is 11.4. The highest BCUT2D eigenvalue weighted by Crippen LogP contribution is 2.32. The lowest BCUT2D eigenvalue weighted by Crippen LogP contribution is -2.35. The van der Waals surface area contributed by atoms with Crippen molar-refractivity contribution in [3.05, 3.63) is 65.9 Å². The van der Waals surface area contributed by atoms with Crippen molar-refractivity contribution in [1.82, 2.24) is 14.3 Å². The van der Waals surface area contributed by atoms with Gasteiger partial charge in [-0.05, 0) is 48.7 Å². The van der Waals surface area contributed by atoms with Gasteiger partial charge in [0.1, 0.15) is 15.9 Å². The number of aromatic nitrogens is 2. The van der Waals surface area contributed by atoms with Crippen LogP contribution >= 0.6 is 11.3 Å². The average Bonchev–Trinajstić information content (AvgIpc) is 3.22. The number of nitrogens with zero attached hydrogens (tertiary/aromatic N) is 3. The van der Waals surface area contributed by atoms with Crippen LogP contribution in [0.5, 0.6) is 0 Å². The number of sulfonamides is 1. The highest BCUT2D eigenvalue weighted by atomic mass is 32.2. The van der Waals surface area contributed by atoms with Crippen molar-refractivity contribution < 1.29 is 12.8 Å². The molecule has 0 atom stereocenters. The van der Waals surface area contributed by atoms with E-state index in [9.17, 15) is 12.8 Å². The Morgan fingerprint density at radius 1 is 1.00 bits per heavy atom. The van der Waals surface area contributed by atoms with Crippen LogP contribution in [0.2, 0.25) is 0 Å². The first-order valence-electron chi connectivity index (χ1n) is 9.19. The third-order valence-corrected chi connectivity index (χ3v) is 8.20.